The first-order chi connectivity index (χ1) is 11.0. The van der Waals surface area contributed by atoms with Crippen molar-refractivity contribution in [3.63, 3.8) is 0 Å². The summed E-state index contributed by atoms with van der Waals surface area (Å²) in [6.45, 7) is 3.83. The largest absolute Gasteiger partial charge is 0.479 e. The second-order valence-corrected chi connectivity index (χ2v) is 6.66. The van der Waals surface area contributed by atoms with E-state index in [2.05, 4.69) is 21.5 Å². The molecule has 1 aromatic heterocycles. The van der Waals surface area contributed by atoms with Crippen molar-refractivity contribution in [2.75, 3.05) is 13.2 Å². The molecule has 0 saturated carbocycles. The topological polar surface area (TPSA) is 68.3 Å². The van der Waals surface area contributed by atoms with Gasteiger partial charge in [-0.1, -0.05) is 24.0 Å². The zero-order valence-electron chi connectivity index (χ0n) is 13.0. The highest BCUT2D eigenvalue weighted by atomic mass is 32.2. The zero-order valence-corrected chi connectivity index (χ0v) is 13.9. The van der Waals surface area contributed by atoms with E-state index in [0.717, 1.165) is 5.56 Å². The van der Waals surface area contributed by atoms with Crippen LogP contribution in [0.2, 0.25) is 0 Å². The van der Waals surface area contributed by atoms with Gasteiger partial charge in [0.1, 0.15) is 12.4 Å². The van der Waals surface area contributed by atoms with Gasteiger partial charge in [0, 0.05) is 6.20 Å². The highest BCUT2D eigenvalue weighted by Crippen LogP contribution is 2.16. The smallest absolute Gasteiger partial charge is 0.241 e. The Kier molecular flexibility index (Phi) is 5.74. The molecule has 0 saturated heterocycles. The first kappa shape index (κ1) is 17.0. The van der Waals surface area contributed by atoms with Crippen molar-refractivity contribution in [3.8, 4) is 17.6 Å². The lowest BCUT2D eigenvalue weighted by Gasteiger charge is -2.08. The zero-order chi connectivity index (χ0) is 16.7. The third-order valence-electron chi connectivity index (χ3n) is 3.05. The number of nitrogens with zero attached hydrogens (tertiary/aromatic N) is 1. The average Bonchev–Trinajstić information content (AvgIpc) is 2.54. The molecular weight excluding hydrogens is 312 g/mol. The van der Waals surface area contributed by atoms with E-state index in [9.17, 15) is 8.42 Å². The molecule has 5 nitrogen and oxygen atoms in total. The molecule has 1 aromatic carbocycles. The van der Waals surface area contributed by atoms with E-state index >= 15 is 0 Å². The Hall–Kier alpha value is -2.36. The van der Waals surface area contributed by atoms with E-state index < -0.39 is 10.0 Å². The van der Waals surface area contributed by atoms with Crippen molar-refractivity contribution in [2.45, 2.75) is 18.7 Å². The molecule has 0 aliphatic rings. The summed E-state index contributed by atoms with van der Waals surface area (Å²) in [4.78, 5) is 4.20. The van der Waals surface area contributed by atoms with Gasteiger partial charge in [0.15, 0.2) is 0 Å². The molecule has 2 aromatic rings. The Labute approximate surface area is 136 Å². The Bertz CT molecular complexity index is 822. The summed E-state index contributed by atoms with van der Waals surface area (Å²) in [5.74, 6) is 6.11. The van der Waals surface area contributed by atoms with E-state index in [1.807, 2.05) is 13.0 Å². The fourth-order valence-electron chi connectivity index (χ4n) is 1.87. The van der Waals surface area contributed by atoms with Crippen LogP contribution in [0.25, 0.3) is 0 Å². The molecule has 1 heterocycles. The molecule has 0 amide bonds. The third-order valence-corrected chi connectivity index (χ3v) is 4.60. The number of ether oxygens (including phenoxy) is 1. The summed E-state index contributed by atoms with van der Waals surface area (Å²) in [6, 6.07) is 8.86. The van der Waals surface area contributed by atoms with Gasteiger partial charge in [-0.2, -0.15) is 4.72 Å². The SMILES string of the molecule is Cc1ccc(C)c(S(=O)(=O)NCC#CCOc2cccnc2)c1. The molecule has 0 radical (unpaired) electrons. The van der Waals surface area contributed by atoms with E-state index in [1.165, 1.54) is 0 Å². The van der Waals surface area contributed by atoms with E-state index in [0.29, 0.717) is 11.3 Å². The Morgan fingerprint density at radius 2 is 2.04 bits per heavy atom. The van der Waals surface area contributed by atoms with Gasteiger partial charge in [-0.05, 0) is 43.2 Å². The summed E-state index contributed by atoms with van der Waals surface area (Å²) in [5, 5.41) is 0. The average molecular weight is 330 g/mol. The Balaban J connectivity index is 1.88. The minimum absolute atomic E-state index is 0.0338. The van der Waals surface area contributed by atoms with Crippen LogP contribution in [0.3, 0.4) is 0 Å². The highest BCUT2D eigenvalue weighted by Gasteiger charge is 2.15. The molecule has 2 rings (SSSR count). The van der Waals surface area contributed by atoms with E-state index in [4.69, 9.17) is 4.74 Å². The van der Waals surface area contributed by atoms with Crippen LogP contribution in [0.15, 0.2) is 47.6 Å². The maximum Gasteiger partial charge on any atom is 0.241 e. The number of hydrogen-bond acceptors (Lipinski definition) is 4. The monoisotopic (exact) mass is 330 g/mol. The lowest BCUT2D eigenvalue weighted by Crippen LogP contribution is -2.24. The van der Waals surface area contributed by atoms with Gasteiger partial charge in [0.05, 0.1) is 17.6 Å². The maximum atomic E-state index is 12.2. The fourth-order valence-corrected chi connectivity index (χ4v) is 3.12. The molecule has 0 aliphatic carbocycles. The van der Waals surface area contributed by atoms with Crippen LogP contribution >= 0.6 is 0 Å². The Morgan fingerprint density at radius 3 is 2.78 bits per heavy atom. The number of pyridine rings is 1. The highest BCUT2D eigenvalue weighted by molar-refractivity contribution is 7.89. The molecule has 1 N–H and O–H groups in total. The lowest BCUT2D eigenvalue weighted by molar-refractivity contribution is 0.368. The van der Waals surface area contributed by atoms with Crippen LogP contribution in [0, 0.1) is 25.7 Å². The van der Waals surface area contributed by atoms with Crippen LogP contribution in [-0.2, 0) is 10.0 Å². The molecule has 0 unspecified atom stereocenters. The third kappa shape index (κ3) is 5.09. The predicted molar refractivity (Wildman–Crippen MR) is 88.6 cm³/mol. The summed E-state index contributed by atoms with van der Waals surface area (Å²) in [5.41, 5.74) is 1.60. The van der Waals surface area contributed by atoms with Gasteiger partial charge in [-0.15, -0.1) is 0 Å². The minimum atomic E-state index is -3.56. The maximum absolute atomic E-state index is 12.2. The van der Waals surface area contributed by atoms with Gasteiger partial charge in [0.25, 0.3) is 0 Å². The van der Waals surface area contributed by atoms with Gasteiger partial charge in [-0.25, -0.2) is 8.42 Å². The van der Waals surface area contributed by atoms with Crippen molar-refractivity contribution < 1.29 is 13.2 Å². The summed E-state index contributed by atoms with van der Waals surface area (Å²) >= 11 is 0. The number of aryl methyl sites for hydroxylation is 2. The molecule has 6 heteroatoms. The van der Waals surface area contributed by atoms with E-state index in [-0.39, 0.29) is 18.0 Å². The first-order valence-electron chi connectivity index (χ1n) is 7.04. The van der Waals surface area contributed by atoms with E-state index in [1.54, 1.807) is 43.6 Å². The van der Waals surface area contributed by atoms with Crippen molar-refractivity contribution in [1.29, 1.82) is 0 Å². The summed E-state index contributed by atoms with van der Waals surface area (Å²) < 4.78 is 32.3. The Morgan fingerprint density at radius 1 is 1.22 bits per heavy atom. The molecule has 0 atom stereocenters. The minimum Gasteiger partial charge on any atom is -0.479 e. The molecular formula is C17H18N2O3S. The molecule has 0 bridgehead atoms. The van der Waals surface area contributed by atoms with Crippen LogP contribution < -0.4 is 9.46 Å². The standard InChI is InChI=1S/C17H18N2O3S/c1-14-7-8-15(2)17(12-14)23(20,21)19-10-3-4-11-22-16-6-5-9-18-13-16/h5-9,12-13,19H,10-11H2,1-2H3. The van der Waals surface area contributed by atoms with Crippen LogP contribution in [0.5, 0.6) is 5.75 Å². The lowest BCUT2D eigenvalue weighted by atomic mass is 10.2. The van der Waals surface area contributed by atoms with Gasteiger partial charge >= 0.3 is 0 Å². The second-order valence-electron chi connectivity index (χ2n) is 4.92. The predicted octanol–water partition coefficient (Wildman–Crippen LogP) is 2.06. The molecule has 0 aliphatic heterocycles. The number of aromatic nitrogens is 1. The quantitative estimate of drug-likeness (QED) is 0.852. The first-order valence-corrected chi connectivity index (χ1v) is 8.53. The molecule has 0 spiro atoms. The number of sulfonamides is 1. The second kappa shape index (κ2) is 7.77. The number of benzene rings is 1. The van der Waals surface area contributed by atoms with Crippen LogP contribution in [0.1, 0.15) is 11.1 Å². The number of hydrogen-bond donors (Lipinski definition) is 1. The van der Waals surface area contributed by atoms with Crippen LogP contribution in [0.4, 0.5) is 0 Å². The molecule has 120 valence electrons. The fraction of sp³-hybridized carbons (Fsp3) is 0.235. The number of rotatable bonds is 5. The molecule has 0 fully saturated rings. The van der Waals surface area contributed by atoms with Crippen molar-refractivity contribution in [3.05, 3.63) is 53.9 Å². The van der Waals surface area contributed by atoms with Crippen molar-refractivity contribution in [1.82, 2.24) is 9.71 Å². The summed E-state index contributed by atoms with van der Waals surface area (Å²) in [7, 11) is -3.56. The van der Waals surface area contributed by atoms with Crippen LogP contribution in [-0.4, -0.2) is 26.6 Å². The van der Waals surface area contributed by atoms with Crippen molar-refractivity contribution >= 4 is 10.0 Å². The van der Waals surface area contributed by atoms with Gasteiger partial charge in [-0.3, -0.25) is 4.98 Å². The summed E-state index contributed by atoms with van der Waals surface area (Å²) in [6.07, 6.45) is 3.24. The van der Waals surface area contributed by atoms with Crippen molar-refractivity contribution in [2.24, 2.45) is 0 Å². The van der Waals surface area contributed by atoms with Gasteiger partial charge in [0.2, 0.25) is 10.0 Å². The number of nitrogens with one attached hydrogen (secondary N) is 1. The molecule has 23 heavy (non-hydrogen) atoms. The normalized spacial score (nSPS) is 10.7. The van der Waals surface area contributed by atoms with Gasteiger partial charge < -0.3 is 4.74 Å².